The van der Waals surface area contributed by atoms with Crippen LogP contribution in [0.1, 0.15) is 20.3 Å². The molecule has 0 bridgehead atoms. The molecular weight excluding hydrogens is 304 g/mol. The minimum atomic E-state index is -3.62. The molecular formula is C11H22N2O5S2. The molecule has 7 nitrogen and oxygen atoms in total. The monoisotopic (exact) mass is 326 g/mol. The van der Waals surface area contributed by atoms with Crippen LogP contribution in [0.3, 0.4) is 0 Å². The molecule has 1 saturated heterocycles. The van der Waals surface area contributed by atoms with Crippen molar-refractivity contribution in [2.75, 3.05) is 37.4 Å². The Morgan fingerprint density at radius 2 is 1.80 bits per heavy atom. The van der Waals surface area contributed by atoms with Gasteiger partial charge in [-0.2, -0.15) is 4.31 Å². The van der Waals surface area contributed by atoms with Crippen LogP contribution in [0.25, 0.3) is 0 Å². The van der Waals surface area contributed by atoms with Gasteiger partial charge in [-0.05, 0) is 20.3 Å². The van der Waals surface area contributed by atoms with Gasteiger partial charge < -0.3 is 4.90 Å². The van der Waals surface area contributed by atoms with E-state index in [1.165, 1.54) is 4.90 Å². The molecule has 0 aromatic rings. The van der Waals surface area contributed by atoms with Crippen molar-refractivity contribution in [3.05, 3.63) is 0 Å². The van der Waals surface area contributed by atoms with E-state index in [9.17, 15) is 21.6 Å². The number of nitrogens with zero attached hydrogens (tertiary/aromatic N) is 2. The van der Waals surface area contributed by atoms with Gasteiger partial charge in [0.1, 0.15) is 0 Å². The summed E-state index contributed by atoms with van der Waals surface area (Å²) >= 11 is 0. The molecule has 0 saturated carbocycles. The van der Waals surface area contributed by atoms with E-state index in [-0.39, 0.29) is 30.4 Å². The lowest BCUT2D eigenvalue weighted by Crippen LogP contribution is -2.47. The van der Waals surface area contributed by atoms with Crippen molar-refractivity contribution >= 4 is 25.8 Å². The van der Waals surface area contributed by atoms with Gasteiger partial charge in [0.2, 0.25) is 15.9 Å². The Kier molecular flexibility index (Phi) is 5.56. The molecule has 1 aliphatic rings. The number of sulfone groups is 1. The standard InChI is InChI=1S/C11H22N2O5S2/c1-4-12(5-2)11(14)8-13(19(3,15)16)10-6-7-20(17,18)9-10/h10H,4-9H2,1-3H3. The highest BCUT2D eigenvalue weighted by Gasteiger charge is 2.37. The number of sulfonamides is 1. The van der Waals surface area contributed by atoms with Crippen molar-refractivity contribution < 1.29 is 21.6 Å². The predicted octanol–water partition coefficient (Wildman–Crippen LogP) is -0.696. The Balaban J connectivity index is 2.90. The van der Waals surface area contributed by atoms with Crippen molar-refractivity contribution in [1.29, 1.82) is 0 Å². The van der Waals surface area contributed by atoms with E-state index in [1.807, 2.05) is 13.8 Å². The second-order valence-electron chi connectivity index (χ2n) is 4.93. The Labute approximate surface area is 120 Å². The van der Waals surface area contributed by atoms with Gasteiger partial charge in [0.05, 0.1) is 24.3 Å². The van der Waals surface area contributed by atoms with E-state index in [4.69, 9.17) is 0 Å². The second kappa shape index (κ2) is 6.40. The third kappa shape index (κ3) is 4.42. The molecule has 0 N–H and O–H groups in total. The summed E-state index contributed by atoms with van der Waals surface area (Å²) in [5.41, 5.74) is 0. The molecule has 1 atom stereocenters. The molecule has 0 spiro atoms. The van der Waals surface area contributed by atoms with Gasteiger partial charge in [0.25, 0.3) is 0 Å². The highest BCUT2D eigenvalue weighted by Crippen LogP contribution is 2.20. The van der Waals surface area contributed by atoms with E-state index in [0.29, 0.717) is 13.1 Å². The van der Waals surface area contributed by atoms with Crippen LogP contribution >= 0.6 is 0 Å². The lowest BCUT2D eigenvalue weighted by molar-refractivity contribution is -0.131. The fraction of sp³-hybridized carbons (Fsp3) is 0.909. The van der Waals surface area contributed by atoms with E-state index in [2.05, 4.69) is 0 Å². The van der Waals surface area contributed by atoms with Crippen LogP contribution in [-0.4, -0.2) is 75.4 Å². The highest BCUT2D eigenvalue weighted by atomic mass is 32.2. The van der Waals surface area contributed by atoms with Crippen molar-refractivity contribution in [3.8, 4) is 0 Å². The fourth-order valence-electron chi connectivity index (χ4n) is 2.33. The summed E-state index contributed by atoms with van der Waals surface area (Å²) in [6.45, 7) is 4.32. The molecule has 1 aliphatic heterocycles. The van der Waals surface area contributed by atoms with Crippen molar-refractivity contribution in [2.24, 2.45) is 0 Å². The van der Waals surface area contributed by atoms with E-state index < -0.39 is 25.9 Å². The first-order valence-corrected chi connectivity index (χ1v) is 10.2. The van der Waals surface area contributed by atoms with Crippen LogP contribution < -0.4 is 0 Å². The Hall–Kier alpha value is -0.670. The number of hydrogen-bond acceptors (Lipinski definition) is 5. The van der Waals surface area contributed by atoms with Gasteiger partial charge in [-0.25, -0.2) is 16.8 Å². The molecule has 0 aliphatic carbocycles. The normalized spacial score (nSPS) is 22.1. The molecule has 0 aromatic heterocycles. The number of likely N-dealkylation sites (N-methyl/N-ethyl adjacent to an activating group) is 1. The molecule has 0 aromatic carbocycles. The largest absolute Gasteiger partial charge is 0.342 e. The third-order valence-electron chi connectivity index (χ3n) is 3.45. The average Bonchev–Trinajstić information content (AvgIpc) is 2.66. The summed E-state index contributed by atoms with van der Waals surface area (Å²) in [6, 6.07) is -0.630. The number of amides is 1. The first kappa shape index (κ1) is 17.4. The van der Waals surface area contributed by atoms with Crippen molar-refractivity contribution in [3.63, 3.8) is 0 Å². The maximum atomic E-state index is 12.1. The Morgan fingerprint density at radius 1 is 1.25 bits per heavy atom. The Bertz CT molecular complexity index is 551. The molecule has 1 rings (SSSR count). The smallest absolute Gasteiger partial charge is 0.237 e. The minimum absolute atomic E-state index is 0.0247. The van der Waals surface area contributed by atoms with Gasteiger partial charge in [-0.1, -0.05) is 0 Å². The van der Waals surface area contributed by atoms with Gasteiger partial charge in [0, 0.05) is 19.1 Å². The predicted molar refractivity (Wildman–Crippen MR) is 76.5 cm³/mol. The summed E-state index contributed by atoms with van der Waals surface area (Å²) < 4.78 is 47.7. The fourth-order valence-corrected chi connectivity index (χ4v) is 5.22. The molecule has 1 amide bonds. The molecule has 0 radical (unpaired) electrons. The van der Waals surface area contributed by atoms with Crippen LogP contribution in [-0.2, 0) is 24.7 Å². The van der Waals surface area contributed by atoms with Crippen LogP contribution in [0.2, 0.25) is 0 Å². The summed E-state index contributed by atoms with van der Waals surface area (Å²) in [4.78, 5) is 13.6. The number of carbonyl (C=O) groups is 1. The molecule has 1 heterocycles. The van der Waals surface area contributed by atoms with Gasteiger partial charge >= 0.3 is 0 Å². The maximum absolute atomic E-state index is 12.1. The van der Waals surface area contributed by atoms with Crippen LogP contribution in [0.4, 0.5) is 0 Å². The van der Waals surface area contributed by atoms with Crippen LogP contribution in [0.15, 0.2) is 0 Å². The number of rotatable bonds is 6. The zero-order chi connectivity index (χ0) is 15.6. The lowest BCUT2D eigenvalue weighted by Gasteiger charge is -2.28. The highest BCUT2D eigenvalue weighted by molar-refractivity contribution is 7.92. The summed E-state index contributed by atoms with van der Waals surface area (Å²) in [6.07, 6.45) is 1.26. The first-order valence-electron chi connectivity index (χ1n) is 6.55. The quantitative estimate of drug-likeness (QED) is 0.644. The second-order valence-corrected chi connectivity index (χ2v) is 9.09. The molecule has 118 valence electrons. The summed E-state index contributed by atoms with van der Waals surface area (Å²) in [5.74, 6) is -0.529. The SMILES string of the molecule is CCN(CC)C(=O)CN(C1CCS(=O)(=O)C1)S(C)(=O)=O. The third-order valence-corrected chi connectivity index (χ3v) is 6.48. The molecule has 1 unspecified atom stereocenters. The Morgan fingerprint density at radius 3 is 2.15 bits per heavy atom. The zero-order valence-electron chi connectivity index (χ0n) is 12.1. The van der Waals surface area contributed by atoms with Crippen LogP contribution in [0, 0.1) is 0 Å². The van der Waals surface area contributed by atoms with E-state index >= 15 is 0 Å². The first-order chi connectivity index (χ1) is 9.10. The topological polar surface area (TPSA) is 91.8 Å². The summed E-state index contributed by atoms with van der Waals surface area (Å²) in [7, 11) is -6.82. The molecule has 9 heteroatoms. The lowest BCUT2D eigenvalue weighted by atomic mass is 10.2. The van der Waals surface area contributed by atoms with Crippen molar-refractivity contribution in [2.45, 2.75) is 26.3 Å². The molecule has 1 fully saturated rings. The number of hydrogen-bond donors (Lipinski definition) is 0. The van der Waals surface area contributed by atoms with E-state index in [0.717, 1.165) is 10.6 Å². The maximum Gasteiger partial charge on any atom is 0.237 e. The molecule has 20 heavy (non-hydrogen) atoms. The van der Waals surface area contributed by atoms with Gasteiger partial charge in [-0.15, -0.1) is 0 Å². The minimum Gasteiger partial charge on any atom is -0.342 e. The van der Waals surface area contributed by atoms with Gasteiger partial charge in [-0.3, -0.25) is 4.79 Å². The van der Waals surface area contributed by atoms with Crippen LogP contribution in [0.5, 0.6) is 0 Å². The van der Waals surface area contributed by atoms with Crippen molar-refractivity contribution in [1.82, 2.24) is 9.21 Å². The summed E-state index contributed by atoms with van der Waals surface area (Å²) in [5, 5.41) is 0. The zero-order valence-corrected chi connectivity index (χ0v) is 13.7. The van der Waals surface area contributed by atoms with Gasteiger partial charge in [0.15, 0.2) is 9.84 Å². The van der Waals surface area contributed by atoms with E-state index in [1.54, 1.807) is 0 Å². The average molecular weight is 326 g/mol. The number of carbonyl (C=O) groups excluding carboxylic acids is 1.